The van der Waals surface area contributed by atoms with E-state index in [2.05, 4.69) is 5.32 Å². The molecule has 2 amide bonds. The highest BCUT2D eigenvalue weighted by Crippen LogP contribution is 2.25. The highest BCUT2D eigenvalue weighted by atomic mass is 16.5. The minimum atomic E-state index is -0.587. The van der Waals surface area contributed by atoms with Gasteiger partial charge in [0.05, 0.1) is 7.11 Å². The van der Waals surface area contributed by atoms with Crippen LogP contribution in [0.3, 0.4) is 0 Å². The van der Waals surface area contributed by atoms with Gasteiger partial charge >= 0.3 is 0 Å². The number of rotatable bonds is 9. The first-order valence-corrected chi connectivity index (χ1v) is 10.3. The van der Waals surface area contributed by atoms with Crippen LogP contribution >= 0.6 is 0 Å². The van der Waals surface area contributed by atoms with Crippen molar-refractivity contribution >= 4 is 22.6 Å². The molecule has 31 heavy (non-hydrogen) atoms. The summed E-state index contributed by atoms with van der Waals surface area (Å²) in [4.78, 5) is 27.2. The van der Waals surface area contributed by atoms with Crippen molar-refractivity contribution in [2.24, 2.45) is 0 Å². The van der Waals surface area contributed by atoms with E-state index in [1.165, 1.54) is 0 Å². The molecule has 1 N–H and O–H groups in total. The minimum Gasteiger partial charge on any atom is -0.497 e. The molecule has 0 saturated heterocycles. The normalized spacial score (nSPS) is 11.6. The lowest BCUT2D eigenvalue weighted by Gasteiger charge is -2.30. The van der Waals surface area contributed by atoms with Crippen LogP contribution < -0.4 is 14.8 Å². The number of nitrogens with one attached hydrogen (secondary N) is 1. The molecule has 0 aliphatic carbocycles. The number of fused-ring (bicyclic) bond motifs is 1. The summed E-state index contributed by atoms with van der Waals surface area (Å²) < 4.78 is 11.1. The Morgan fingerprint density at radius 3 is 2.39 bits per heavy atom. The van der Waals surface area contributed by atoms with Crippen LogP contribution in [0.2, 0.25) is 0 Å². The zero-order chi connectivity index (χ0) is 22.2. The summed E-state index contributed by atoms with van der Waals surface area (Å²) >= 11 is 0. The van der Waals surface area contributed by atoms with Crippen molar-refractivity contribution in [3.8, 4) is 11.5 Å². The number of likely N-dealkylation sites (N-methyl/N-ethyl adjacent to an activating group) is 1. The van der Waals surface area contributed by atoms with Gasteiger partial charge in [0, 0.05) is 19.0 Å². The summed E-state index contributed by atoms with van der Waals surface area (Å²) in [7, 11) is 3.18. The van der Waals surface area contributed by atoms with E-state index < -0.39 is 6.04 Å². The number of amides is 2. The Morgan fingerprint density at radius 2 is 1.71 bits per heavy atom. The smallest absolute Gasteiger partial charge is 0.261 e. The molecule has 3 aromatic rings. The third-order valence-corrected chi connectivity index (χ3v) is 5.25. The van der Waals surface area contributed by atoms with Crippen molar-refractivity contribution in [2.75, 3.05) is 20.8 Å². The van der Waals surface area contributed by atoms with Gasteiger partial charge in [-0.1, -0.05) is 55.5 Å². The summed E-state index contributed by atoms with van der Waals surface area (Å²) in [6, 6.07) is 20.5. The first-order chi connectivity index (χ1) is 15.1. The molecular weight excluding hydrogens is 392 g/mol. The van der Waals surface area contributed by atoms with Crippen molar-refractivity contribution in [3.63, 3.8) is 0 Å². The van der Waals surface area contributed by atoms with E-state index in [0.717, 1.165) is 22.1 Å². The Kier molecular flexibility index (Phi) is 7.49. The average Bonchev–Trinajstić information content (AvgIpc) is 2.82. The Balaban J connectivity index is 1.81. The number of benzene rings is 3. The lowest BCUT2D eigenvalue weighted by atomic mass is 10.1. The van der Waals surface area contributed by atoms with Gasteiger partial charge < -0.3 is 19.7 Å². The maximum Gasteiger partial charge on any atom is 0.261 e. The third kappa shape index (κ3) is 5.34. The van der Waals surface area contributed by atoms with Gasteiger partial charge in [0.15, 0.2) is 6.61 Å². The Bertz CT molecular complexity index is 1030. The fourth-order valence-electron chi connectivity index (χ4n) is 3.56. The van der Waals surface area contributed by atoms with Crippen LogP contribution in [0.5, 0.6) is 11.5 Å². The number of nitrogens with zero attached hydrogens (tertiary/aromatic N) is 1. The summed E-state index contributed by atoms with van der Waals surface area (Å²) in [6.07, 6.45) is 0.496. The second-order valence-electron chi connectivity index (χ2n) is 7.17. The van der Waals surface area contributed by atoms with Crippen molar-refractivity contribution in [3.05, 3.63) is 72.3 Å². The van der Waals surface area contributed by atoms with Crippen LogP contribution in [0.1, 0.15) is 18.9 Å². The molecular formula is C25H28N2O4. The topological polar surface area (TPSA) is 67.9 Å². The molecule has 6 nitrogen and oxygen atoms in total. The SMILES string of the molecule is CC[C@H](C(=O)NC)N(Cc1ccc(OC)cc1)C(=O)COc1cccc2ccccc12. The average molecular weight is 421 g/mol. The Labute approximate surface area is 182 Å². The Morgan fingerprint density at radius 1 is 1.00 bits per heavy atom. The van der Waals surface area contributed by atoms with Crippen molar-refractivity contribution in [1.82, 2.24) is 10.2 Å². The number of methoxy groups -OCH3 is 1. The molecule has 6 heteroatoms. The van der Waals surface area contributed by atoms with E-state index in [1.54, 1.807) is 19.1 Å². The zero-order valence-corrected chi connectivity index (χ0v) is 18.1. The summed E-state index contributed by atoms with van der Waals surface area (Å²) in [5, 5.41) is 4.64. The fourth-order valence-corrected chi connectivity index (χ4v) is 3.56. The van der Waals surface area contributed by atoms with Crippen LogP contribution in [-0.2, 0) is 16.1 Å². The third-order valence-electron chi connectivity index (χ3n) is 5.25. The van der Waals surface area contributed by atoms with Crippen molar-refractivity contribution in [2.45, 2.75) is 25.9 Å². The molecule has 0 saturated carbocycles. The summed E-state index contributed by atoms with van der Waals surface area (Å²) in [5.74, 6) is 0.928. The van der Waals surface area contributed by atoms with E-state index >= 15 is 0 Å². The monoisotopic (exact) mass is 420 g/mol. The van der Waals surface area contributed by atoms with Gasteiger partial charge in [0.25, 0.3) is 5.91 Å². The van der Waals surface area contributed by atoms with E-state index in [-0.39, 0.29) is 18.4 Å². The van der Waals surface area contributed by atoms with Crippen molar-refractivity contribution in [1.29, 1.82) is 0 Å². The van der Waals surface area contributed by atoms with E-state index in [9.17, 15) is 9.59 Å². The van der Waals surface area contributed by atoms with E-state index in [4.69, 9.17) is 9.47 Å². The zero-order valence-electron chi connectivity index (χ0n) is 18.1. The van der Waals surface area contributed by atoms with Gasteiger partial charge in [-0.25, -0.2) is 0 Å². The minimum absolute atomic E-state index is 0.155. The molecule has 0 unspecified atom stereocenters. The van der Waals surface area contributed by atoms with Crippen LogP contribution in [-0.4, -0.2) is 43.5 Å². The van der Waals surface area contributed by atoms with E-state index in [0.29, 0.717) is 18.7 Å². The quantitative estimate of drug-likeness (QED) is 0.572. The highest BCUT2D eigenvalue weighted by Gasteiger charge is 2.28. The molecule has 0 aliphatic heterocycles. The van der Waals surface area contributed by atoms with Gasteiger partial charge in [-0.05, 0) is 35.6 Å². The molecule has 0 fully saturated rings. The van der Waals surface area contributed by atoms with Gasteiger partial charge in [-0.15, -0.1) is 0 Å². The molecule has 0 radical (unpaired) electrons. The second-order valence-corrected chi connectivity index (χ2v) is 7.17. The van der Waals surface area contributed by atoms with Crippen LogP contribution in [0.4, 0.5) is 0 Å². The number of carbonyl (C=O) groups excluding carboxylic acids is 2. The first-order valence-electron chi connectivity index (χ1n) is 10.3. The number of carbonyl (C=O) groups is 2. The molecule has 0 bridgehead atoms. The Hall–Kier alpha value is -3.54. The molecule has 0 aromatic heterocycles. The lowest BCUT2D eigenvalue weighted by Crippen LogP contribution is -2.49. The van der Waals surface area contributed by atoms with Crippen LogP contribution in [0.15, 0.2) is 66.7 Å². The maximum absolute atomic E-state index is 13.2. The van der Waals surface area contributed by atoms with Gasteiger partial charge in [-0.2, -0.15) is 0 Å². The molecule has 0 aliphatic rings. The number of hydrogen-bond donors (Lipinski definition) is 1. The lowest BCUT2D eigenvalue weighted by molar-refractivity contribution is -0.142. The standard InChI is InChI=1S/C25H28N2O4/c1-4-22(25(29)26-2)27(16-18-12-14-20(30-3)15-13-18)24(28)17-31-23-11-7-9-19-8-5-6-10-21(19)23/h5-15,22H,4,16-17H2,1-3H3,(H,26,29)/t22-/m1/s1. The van der Waals surface area contributed by atoms with Crippen LogP contribution in [0.25, 0.3) is 10.8 Å². The van der Waals surface area contributed by atoms with Crippen LogP contribution in [0, 0.1) is 0 Å². The highest BCUT2D eigenvalue weighted by molar-refractivity contribution is 5.90. The molecule has 162 valence electrons. The molecule has 3 rings (SSSR count). The summed E-state index contributed by atoms with van der Waals surface area (Å²) in [5.41, 5.74) is 0.904. The second kappa shape index (κ2) is 10.5. The predicted molar refractivity (Wildman–Crippen MR) is 121 cm³/mol. The fraction of sp³-hybridized carbons (Fsp3) is 0.280. The molecule has 0 spiro atoms. The van der Waals surface area contributed by atoms with Gasteiger partial charge in [-0.3, -0.25) is 9.59 Å². The molecule has 3 aromatic carbocycles. The maximum atomic E-state index is 13.2. The first kappa shape index (κ1) is 22.2. The van der Waals surface area contributed by atoms with Gasteiger partial charge in [0.2, 0.25) is 5.91 Å². The largest absolute Gasteiger partial charge is 0.497 e. The predicted octanol–water partition coefficient (Wildman–Crippen LogP) is 3.78. The van der Waals surface area contributed by atoms with E-state index in [1.807, 2.05) is 73.7 Å². The number of hydrogen-bond acceptors (Lipinski definition) is 4. The number of ether oxygens (including phenoxy) is 2. The van der Waals surface area contributed by atoms with Crippen molar-refractivity contribution < 1.29 is 19.1 Å². The molecule has 0 heterocycles. The van der Waals surface area contributed by atoms with Gasteiger partial charge in [0.1, 0.15) is 17.5 Å². The summed E-state index contributed by atoms with van der Waals surface area (Å²) in [6.45, 7) is 2.03. The molecule has 1 atom stereocenters.